The van der Waals surface area contributed by atoms with Gasteiger partial charge in [-0.15, -0.1) is 0 Å². The second-order valence-electron chi connectivity index (χ2n) is 7.48. The first-order chi connectivity index (χ1) is 14.8. The summed E-state index contributed by atoms with van der Waals surface area (Å²) in [5.74, 6) is 0.856. The fourth-order valence-corrected chi connectivity index (χ4v) is 4.51. The molecule has 0 radical (unpaired) electrons. The molecule has 156 valence electrons. The highest BCUT2D eigenvalue weighted by Gasteiger charge is 2.17. The predicted octanol–water partition coefficient (Wildman–Crippen LogP) is 5.23. The van der Waals surface area contributed by atoms with Crippen LogP contribution in [0.5, 0.6) is 5.75 Å². The molecule has 0 amide bonds. The van der Waals surface area contributed by atoms with Crippen molar-refractivity contribution in [2.45, 2.75) is 19.6 Å². The van der Waals surface area contributed by atoms with Crippen molar-refractivity contribution in [3.8, 4) is 5.75 Å². The van der Waals surface area contributed by atoms with Crippen LogP contribution in [0.2, 0.25) is 0 Å². The summed E-state index contributed by atoms with van der Waals surface area (Å²) >= 11 is 7.45. The zero-order valence-electron chi connectivity index (χ0n) is 17.0. The average molecular weight is 438 g/mol. The van der Waals surface area contributed by atoms with Gasteiger partial charge in [0.25, 0.3) is 0 Å². The highest BCUT2D eigenvalue weighted by atomic mass is 32.1. The highest BCUT2D eigenvalue weighted by molar-refractivity contribution is 7.80. The van der Waals surface area contributed by atoms with Gasteiger partial charge in [-0.1, -0.05) is 30.3 Å². The van der Waals surface area contributed by atoms with Crippen LogP contribution < -0.4 is 10.1 Å². The van der Waals surface area contributed by atoms with E-state index < -0.39 is 0 Å². The lowest BCUT2D eigenvalue weighted by molar-refractivity contribution is 0.278. The Morgan fingerprint density at radius 1 is 0.933 bits per heavy atom. The molecule has 0 aliphatic carbocycles. The molecule has 1 aromatic heterocycles. The van der Waals surface area contributed by atoms with Crippen LogP contribution in [0.15, 0.2) is 71.4 Å². The Bertz CT molecular complexity index is 913. The van der Waals surface area contributed by atoms with Crippen molar-refractivity contribution in [1.82, 2.24) is 9.80 Å². The number of hydrogen-bond donors (Lipinski definition) is 1. The Balaban J connectivity index is 1.25. The maximum atomic E-state index is 5.86. The number of anilines is 1. The summed E-state index contributed by atoms with van der Waals surface area (Å²) in [6, 6.07) is 20.4. The number of nitrogens with zero attached hydrogens (tertiary/aromatic N) is 2. The first-order valence-electron chi connectivity index (χ1n) is 10.3. The minimum Gasteiger partial charge on any atom is -0.489 e. The Labute approximate surface area is 188 Å². The molecule has 1 N–H and O–H groups in total. The lowest BCUT2D eigenvalue weighted by Crippen LogP contribution is -2.37. The number of benzene rings is 2. The molecule has 2 aromatic carbocycles. The van der Waals surface area contributed by atoms with E-state index in [1.165, 1.54) is 5.56 Å². The van der Waals surface area contributed by atoms with Crippen molar-refractivity contribution in [3.63, 3.8) is 0 Å². The highest BCUT2D eigenvalue weighted by Crippen LogP contribution is 2.18. The monoisotopic (exact) mass is 437 g/mol. The van der Waals surface area contributed by atoms with Gasteiger partial charge < -0.3 is 15.0 Å². The predicted molar refractivity (Wildman–Crippen MR) is 129 cm³/mol. The van der Waals surface area contributed by atoms with Gasteiger partial charge in [-0.3, -0.25) is 4.90 Å². The molecule has 1 aliphatic rings. The summed E-state index contributed by atoms with van der Waals surface area (Å²) in [5.41, 5.74) is 3.56. The average Bonchev–Trinajstić information content (AvgIpc) is 3.18. The Hall–Kier alpha value is -2.41. The van der Waals surface area contributed by atoms with Gasteiger partial charge in [-0.25, -0.2) is 0 Å². The number of rotatable bonds is 6. The Kier molecular flexibility index (Phi) is 7.34. The van der Waals surface area contributed by atoms with E-state index in [9.17, 15) is 0 Å². The van der Waals surface area contributed by atoms with Crippen LogP contribution >= 0.6 is 23.6 Å². The van der Waals surface area contributed by atoms with Crippen LogP contribution in [0.1, 0.15) is 17.5 Å². The minimum absolute atomic E-state index is 0.571. The first-order valence-corrected chi connectivity index (χ1v) is 11.7. The molecule has 1 saturated heterocycles. The molecular weight excluding hydrogens is 410 g/mol. The summed E-state index contributed by atoms with van der Waals surface area (Å²) in [6.45, 7) is 5.69. The van der Waals surface area contributed by atoms with E-state index in [0.717, 1.165) is 61.3 Å². The SMILES string of the molecule is S=C(Nc1ccc(OCc2ccccc2)cc1)N1CCCN(Cc2ccsc2)CC1. The van der Waals surface area contributed by atoms with Gasteiger partial charge in [0, 0.05) is 38.4 Å². The number of hydrogen-bond acceptors (Lipinski definition) is 4. The second kappa shape index (κ2) is 10.6. The molecule has 2 heterocycles. The van der Waals surface area contributed by atoms with Crippen molar-refractivity contribution in [2.75, 3.05) is 31.5 Å². The molecule has 4 rings (SSSR count). The molecule has 1 aliphatic heterocycles. The second-order valence-corrected chi connectivity index (χ2v) is 8.64. The van der Waals surface area contributed by atoms with Gasteiger partial charge in [0.1, 0.15) is 12.4 Å². The lowest BCUT2D eigenvalue weighted by atomic mass is 10.2. The normalized spacial score (nSPS) is 14.9. The summed E-state index contributed by atoms with van der Waals surface area (Å²) in [6.07, 6.45) is 1.12. The van der Waals surface area contributed by atoms with Crippen LogP contribution in [-0.4, -0.2) is 41.1 Å². The van der Waals surface area contributed by atoms with E-state index >= 15 is 0 Å². The first kappa shape index (κ1) is 20.8. The van der Waals surface area contributed by atoms with E-state index in [-0.39, 0.29) is 0 Å². The smallest absolute Gasteiger partial charge is 0.173 e. The quantitative estimate of drug-likeness (QED) is 0.533. The molecule has 3 aromatic rings. The van der Waals surface area contributed by atoms with E-state index in [1.807, 2.05) is 42.5 Å². The fourth-order valence-electron chi connectivity index (χ4n) is 3.55. The third-order valence-corrected chi connectivity index (χ3v) is 6.31. The van der Waals surface area contributed by atoms with E-state index in [2.05, 4.69) is 44.1 Å². The van der Waals surface area contributed by atoms with E-state index in [4.69, 9.17) is 17.0 Å². The molecule has 1 fully saturated rings. The zero-order valence-corrected chi connectivity index (χ0v) is 18.6. The van der Waals surface area contributed by atoms with Gasteiger partial charge in [-0.05, 0) is 70.9 Å². The third kappa shape index (κ3) is 6.05. The molecule has 30 heavy (non-hydrogen) atoms. The fraction of sp³-hybridized carbons (Fsp3) is 0.292. The van der Waals surface area contributed by atoms with Gasteiger partial charge in [0.2, 0.25) is 0 Å². The van der Waals surface area contributed by atoms with Crippen molar-refractivity contribution in [3.05, 3.63) is 82.6 Å². The van der Waals surface area contributed by atoms with Gasteiger partial charge in [-0.2, -0.15) is 11.3 Å². The number of thiophene rings is 1. The summed E-state index contributed by atoms with van der Waals surface area (Å²) < 4.78 is 5.86. The van der Waals surface area contributed by atoms with E-state index in [1.54, 1.807) is 11.3 Å². The third-order valence-electron chi connectivity index (χ3n) is 5.22. The van der Waals surface area contributed by atoms with Crippen molar-refractivity contribution < 1.29 is 4.74 Å². The Morgan fingerprint density at radius 3 is 2.53 bits per heavy atom. The molecule has 4 nitrogen and oxygen atoms in total. The maximum Gasteiger partial charge on any atom is 0.173 e. The summed E-state index contributed by atoms with van der Waals surface area (Å²) in [7, 11) is 0. The van der Waals surface area contributed by atoms with E-state index in [0.29, 0.717) is 6.61 Å². The number of thiocarbonyl (C=S) groups is 1. The summed E-state index contributed by atoms with van der Waals surface area (Å²) in [4.78, 5) is 4.80. The van der Waals surface area contributed by atoms with Crippen molar-refractivity contribution in [2.24, 2.45) is 0 Å². The molecule has 6 heteroatoms. The van der Waals surface area contributed by atoms with Crippen LogP contribution in [0.25, 0.3) is 0 Å². The number of ether oxygens (including phenoxy) is 1. The largest absolute Gasteiger partial charge is 0.489 e. The van der Waals surface area contributed by atoms with Crippen molar-refractivity contribution >= 4 is 34.4 Å². The van der Waals surface area contributed by atoms with Gasteiger partial charge >= 0.3 is 0 Å². The molecule has 0 atom stereocenters. The molecule has 0 saturated carbocycles. The summed E-state index contributed by atoms with van der Waals surface area (Å²) in [5, 5.41) is 8.57. The van der Waals surface area contributed by atoms with Crippen LogP contribution in [0, 0.1) is 0 Å². The minimum atomic E-state index is 0.571. The Morgan fingerprint density at radius 2 is 1.77 bits per heavy atom. The molecular formula is C24H27N3OS2. The van der Waals surface area contributed by atoms with Gasteiger partial charge in [0.15, 0.2) is 5.11 Å². The molecule has 0 bridgehead atoms. The maximum absolute atomic E-state index is 5.86. The topological polar surface area (TPSA) is 27.7 Å². The number of nitrogens with one attached hydrogen (secondary N) is 1. The molecule has 0 unspecified atom stereocenters. The van der Waals surface area contributed by atoms with Crippen LogP contribution in [-0.2, 0) is 13.2 Å². The van der Waals surface area contributed by atoms with Crippen molar-refractivity contribution in [1.29, 1.82) is 0 Å². The molecule has 0 spiro atoms. The van der Waals surface area contributed by atoms with Crippen LogP contribution in [0.4, 0.5) is 5.69 Å². The zero-order chi connectivity index (χ0) is 20.6. The van der Waals surface area contributed by atoms with Crippen LogP contribution in [0.3, 0.4) is 0 Å². The lowest BCUT2D eigenvalue weighted by Gasteiger charge is -2.24. The van der Waals surface area contributed by atoms with Gasteiger partial charge in [0.05, 0.1) is 0 Å². The standard InChI is InChI=1S/C24H27N3OS2/c29-24(27-13-4-12-26(14-15-27)17-21-11-16-30-19-21)25-22-7-9-23(10-8-22)28-18-20-5-2-1-3-6-20/h1-3,5-11,16,19H,4,12-15,17-18H2,(H,25,29).